The molecule has 102 valence electrons. The van der Waals surface area contributed by atoms with Gasteiger partial charge in [-0.25, -0.2) is 4.79 Å². The Kier molecular flexibility index (Phi) is 4.16. The average Bonchev–Trinajstić information content (AvgIpc) is 2.45. The van der Waals surface area contributed by atoms with Crippen LogP contribution >= 0.6 is 0 Å². The molecule has 19 heavy (non-hydrogen) atoms. The minimum Gasteiger partial charge on any atom is -0.465 e. The van der Waals surface area contributed by atoms with E-state index in [2.05, 4.69) is 4.74 Å². The second-order valence-corrected chi connectivity index (χ2v) is 4.73. The third kappa shape index (κ3) is 3.12. The van der Waals surface area contributed by atoms with Crippen LogP contribution in [0.2, 0.25) is 0 Å². The summed E-state index contributed by atoms with van der Waals surface area (Å²) in [5.41, 5.74) is 6.75. The van der Waals surface area contributed by atoms with Crippen LogP contribution in [0.3, 0.4) is 0 Å². The summed E-state index contributed by atoms with van der Waals surface area (Å²) >= 11 is 0. The van der Waals surface area contributed by atoms with E-state index in [1.54, 1.807) is 29.2 Å². The van der Waals surface area contributed by atoms with Crippen molar-refractivity contribution in [3.05, 3.63) is 35.4 Å². The zero-order valence-corrected chi connectivity index (χ0v) is 11.0. The third-order valence-corrected chi connectivity index (χ3v) is 3.28. The molecule has 0 bridgehead atoms. The third-order valence-electron chi connectivity index (χ3n) is 3.28. The number of carbonyl (C=O) groups is 2. The summed E-state index contributed by atoms with van der Waals surface area (Å²) in [5, 5.41) is 0. The summed E-state index contributed by atoms with van der Waals surface area (Å²) in [7, 11) is 1.32. The van der Waals surface area contributed by atoms with Gasteiger partial charge in [0.1, 0.15) is 0 Å². The topological polar surface area (TPSA) is 72.6 Å². The molecule has 0 aliphatic carbocycles. The molecule has 1 heterocycles. The quantitative estimate of drug-likeness (QED) is 0.808. The number of esters is 1. The van der Waals surface area contributed by atoms with Crippen molar-refractivity contribution in [1.29, 1.82) is 0 Å². The molecule has 5 heteroatoms. The van der Waals surface area contributed by atoms with Crippen LogP contribution in [0.15, 0.2) is 24.3 Å². The summed E-state index contributed by atoms with van der Waals surface area (Å²) in [5.74, 6) is -0.522. The molecule has 5 nitrogen and oxygen atoms in total. The van der Waals surface area contributed by atoms with Crippen LogP contribution in [0.25, 0.3) is 0 Å². The molecule has 0 radical (unpaired) electrons. The SMILES string of the molecule is COC(=O)c1cccc(C(=O)N2CCC[C@@H](N)C2)c1. The van der Waals surface area contributed by atoms with Gasteiger partial charge >= 0.3 is 5.97 Å². The number of nitrogens with zero attached hydrogens (tertiary/aromatic N) is 1. The molecule has 1 amide bonds. The molecule has 1 fully saturated rings. The van der Waals surface area contributed by atoms with Gasteiger partial charge in [-0.1, -0.05) is 6.07 Å². The van der Waals surface area contributed by atoms with Crippen molar-refractivity contribution in [3.8, 4) is 0 Å². The lowest BCUT2D eigenvalue weighted by atomic mass is 10.0. The zero-order valence-electron chi connectivity index (χ0n) is 11.0. The van der Waals surface area contributed by atoms with Crippen molar-refractivity contribution in [1.82, 2.24) is 4.90 Å². The molecule has 0 spiro atoms. The normalized spacial score (nSPS) is 19.1. The first-order valence-corrected chi connectivity index (χ1v) is 6.35. The van der Waals surface area contributed by atoms with E-state index in [0.717, 1.165) is 19.4 Å². The molecule has 1 aromatic rings. The van der Waals surface area contributed by atoms with Crippen LogP contribution in [-0.2, 0) is 4.74 Å². The second-order valence-electron chi connectivity index (χ2n) is 4.73. The highest BCUT2D eigenvalue weighted by atomic mass is 16.5. The maximum atomic E-state index is 12.3. The van der Waals surface area contributed by atoms with Gasteiger partial charge in [-0.2, -0.15) is 0 Å². The monoisotopic (exact) mass is 262 g/mol. The molecule has 1 aromatic carbocycles. The number of rotatable bonds is 2. The fourth-order valence-electron chi connectivity index (χ4n) is 2.27. The first kappa shape index (κ1) is 13.5. The minimum atomic E-state index is -0.440. The Morgan fingerprint density at radius 2 is 2.11 bits per heavy atom. The molecule has 0 saturated carbocycles. The van der Waals surface area contributed by atoms with Crippen molar-refractivity contribution in [2.24, 2.45) is 5.73 Å². The number of ether oxygens (including phenoxy) is 1. The summed E-state index contributed by atoms with van der Waals surface area (Å²) in [4.78, 5) is 25.5. The highest BCUT2D eigenvalue weighted by molar-refractivity contribution is 5.98. The second kappa shape index (κ2) is 5.84. The van der Waals surface area contributed by atoms with Gasteiger partial charge in [0, 0.05) is 24.7 Å². The van der Waals surface area contributed by atoms with Gasteiger partial charge in [0.2, 0.25) is 0 Å². The first-order valence-electron chi connectivity index (χ1n) is 6.35. The van der Waals surface area contributed by atoms with Gasteiger partial charge in [0.25, 0.3) is 5.91 Å². The van der Waals surface area contributed by atoms with Crippen molar-refractivity contribution in [2.45, 2.75) is 18.9 Å². The number of carbonyl (C=O) groups excluding carboxylic acids is 2. The van der Waals surface area contributed by atoms with Crippen LogP contribution < -0.4 is 5.73 Å². The highest BCUT2D eigenvalue weighted by Crippen LogP contribution is 2.14. The van der Waals surface area contributed by atoms with Crippen molar-refractivity contribution >= 4 is 11.9 Å². The Labute approximate surface area is 112 Å². The Hall–Kier alpha value is -1.88. The van der Waals surface area contributed by atoms with Crippen LogP contribution in [0.4, 0.5) is 0 Å². The molecule has 1 aliphatic rings. The van der Waals surface area contributed by atoms with E-state index >= 15 is 0 Å². The number of likely N-dealkylation sites (tertiary alicyclic amines) is 1. The molecule has 2 rings (SSSR count). The smallest absolute Gasteiger partial charge is 0.337 e. The summed E-state index contributed by atoms with van der Waals surface area (Å²) < 4.78 is 4.65. The standard InChI is InChI=1S/C14H18N2O3/c1-19-14(18)11-5-2-4-10(8-11)13(17)16-7-3-6-12(15)9-16/h2,4-5,8,12H,3,6-7,9,15H2,1H3/t12-/m1/s1. The number of piperidine rings is 1. The maximum Gasteiger partial charge on any atom is 0.337 e. The molecule has 1 atom stereocenters. The predicted molar refractivity (Wildman–Crippen MR) is 70.9 cm³/mol. The van der Waals surface area contributed by atoms with E-state index < -0.39 is 5.97 Å². The lowest BCUT2D eigenvalue weighted by Gasteiger charge is -2.30. The number of amides is 1. The summed E-state index contributed by atoms with van der Waals surface area (Å²) in [6.07, 6.45) is 1.87. The Morgan fingerprint density at radius 3 is 2.79 bits per heavy atom. The van der Waals surface area contributed by atoms with E-state index in [4.69, 9.17) is 5.73 Å². The maximum absolute atomic E-state index is 12.3. The lowest BCUT2D eigenvalue weighted by molar-refractivity contribution is 0.0600. The van der Waals surface area contributed by atoms with Gasteiger partial charge in [-0.15, -0.1) is 0 Å². The zero-order chi connectivity index (χ0) is 13.8. The van der Waals surface area contributed by atoms with Gasteiger partial charge < -0.3 is 15.4 Å². The molecule has 2 N–H and O–H groups in total. The Balaban J connectivity index is 2.16. The van der Waals surface area contributed by atoms with E-state index in [-0.39, 0.29) is 11.9 Å². The number of methoxy groups -OCH3 is 1. The average molecular weight is 262 g/mol. The molecule has 1 aliphatic heterocycles. The van der Waals surface area contributed by atoms with Crippen LogP contribution in [0, 0.1) is 0 Å². The van der Waals surface area contributed by atoms with Crippen LogP contribution in [0.5, 0.6) is 0 Å². The fraction of sp³-hybridized carbons (Fsp3) is 0.429. The van der Waals surface area contributed by atoms with Crippen LogP contribution in [-0.4, -0.2) is 43.0 Å². The van der Waals surface area contributed by atoms with E-state index in [0.29, 0.717) is 17.7 Å². The number of nitrogens with two attached hydrogens (primary N) is 1. The largest absolute Gasteiger partial charge is 0.465 e. The van der Waals surface area contributed by atoms with Gasteiger partial charge in [-0.3, -0.25) is 4.79 Å². The Bertz CT molecular complexity index is 487. The first-order chi connectivity index (χ1) is 9.11. The molecule has 0 unspecified atom stereocenters. The summed E-state index contributed by atoms with van der Waals surface area (Å²) in [6.45, 7) is 1.29. The van der Waals surface area contributed by atoms with Crippen LogP contribution in [0.1, 0.15) is 33.6 Å². The Morgan fingerprint density at radius 1 is 1.37 bits per heavy atom. The lowest BCUT2D eigenvalue weighted by Crippen LogP contribution is -2.45. The van der Waals surface area contributed by atoms with E-state index in [9.17, 15) is 9.59 Å². The minimum absolute atomic E-state index is 0.0430. The van der Waals surface area contributed by atoms with Gasteiger partial charge in [0.05, 0.1) is 12.7 Å². The van der Waals surface area contributed by atoms with E-state index in [1.165, 1.54) is 7.11 Å². The van der Waals surface area contributed by atoms with Crippen molar-refractivity contribution in [2.75, 3.05) is 20.2 Å². The molecule has 0 aromatic heterocycles. The predicted octanol–water partition coefficient (Wildman–Crippen LogP) is 1.04. The molecule has 1 saturated heterocycles. The van der Waals surface area contributed by atoms with E-state index in [1.807, 2.05) is 0 Å². The van der Waals surface area contributed by atoms with Crippen molar-refractivity contribution < 1.29 is 14.3 Å². The van der Waals surface area contributed by atoms with Gasteiger partial charge in [-0.05, 0) is 31.0 Å². The van der Waals surface area contributed by atoms with Crippen molar-refractivity contribution in [3.63, 3.8) is 0 Å². The highest BCUT2D eigenvalue weighted by Gasteiger charge is 2.22. The van der Waals surface area contributed by atoms with Gasteiger partial charge in [0.15, 0.2) is 0 Å². The number of benzene rings is 1. The summed E-state index contributed by atoms with van der Waals surface area (Å²) in [6, 6.07) is 6.62. The molecular formula is C14H18N2O3. The number of hydrogen-bond donors (Lipinski definition) is 1. The fourth-order valence-corrected chi connectivity index (χ4v) is 2.27. The number of hydrogen-bond acceptors (Lipinski definition) is 4. The molecular weight excluding hydrogens is 244 g/mol.